The number of carbonyl (C=O) groups is 2. The summed E-state index contributed by atoms with van der Waals surface area (Å²) in [6, 6.07) is 0. The van der Waals surface area contributed by atoms with E-state index in [1.807, 2.05) is 0 Å². The minimum Gasteiger partial charge on any atom is -0.462 e. The Bertz CT molecular complexity index is 910. The van der Waals surface area contributed by atoms with Crippen molar-refractivity contribution in [3.05, 3.63) is 24.3 Å². The first-order chi connectivity index (χ1) is 24.7. The Morgan fingerprint density at radius 3 is 1.47 bits per heavy atom. The maximum atomic E-state index is 12.6. The molecular weight excluding hydrogens is 671 g/mol. The summed E-state index contributed by atoms with van der Waals surface area (Å²) in [6.07, 6.45) is 34.3. The zero-order valence-corrected chi connectivity index (χ0v) is 33.2. The fourth-order valence-corrected chi connectivity index (χ4v) is 6.17. The number of phosphoric acid groups is 1. The summed E-state index contributed by atoms with van der Waals surface area (Å²) in [7, 11) is -4.61. The lowest BCUT2D eigenvalue weighted by Gasteiger charge is -2.20. The van der Waals surface area contributed by atoms with Crippen LogP contribution in [0.15, 0.2) is 24.3 Å². The number of hydrogen-bond acceptors (Lipinski definition) is 9. The molecule has 10 nitrogen and oxygen atoms in total. The lowest BCUT2D eigenvalue weighted by Crippen LogP contribution is -2.29. The van der Waals surface area contributed by atoms with Gasteiger partial charge in [-0.3, -0.25) is 18.6 Å². The zero-order chi connectivity index (χ0) is 37.7. The average molecular weight is 747 g/mol. The number of aliphatic hydroxyl groups excluding tert-OH is 2. The van der Waals surface area contributed by atoms with E-state index in [1.165, 1.54) is 77.0 Å². The van der Waals surface area contributed by atoms with Crippen LogP contribution in [-0.4, -0.2) is 65.7 Å². The van der Waals surface area contributed by atoms with E-state index in [0.29, 0.717) is 12.8 Å². The third kappa shape index (κ3) is 36.6. The molecule has 1 unspecified atom stereocenters. The summed E-state index contributed by atoms with van der Waals surface area (Å²) in [5, 5.41) is 18.3. The Kier molecular flexibility index (Phi) is 35.7. The van der Waals surface area contributed by atoms with E-state index in [-0.39, 0.29) is 19.4 Å². The number of allylic oxidation sites excluding steroid dienone is 4. The Hall–Kier alpha value is -1.55. The monoisotopic (exact) mass is 747 g/mol. The van der Waals surface area contributed by atoms with Crippen LogP contribution in [0.1, 0.15) is 181 Å². The van der Waals surface area contributed by atoms with Gasteiger partial charge in [0.25, 0.3) is 0 Å². The van der Waals surface area contributed by atoms with Crippen molar-refractivity contribution in [2.24, 2.45) is 0 Å². The molecule has 0 saturated heterocycles. The van der Waals surface area contributed by atoms with Crippen molar-refractivity contribution in [2.45, 2.75) is 193 Å². The first-order valence-electron chi connectivity index (χ1n) is 20.3. The number of aliphatic hydroxyl groups is 2. The first kappa shape index (κ1) is 49.5. The summed E-state index contributed by atoms with van der Waals surface area (Å²) in [4.78, 5) is 34.8. The van der Waals surface area contributed by atoms with Crippen LogP contribution in [0.25, 0.3) is 0 Å². The molecule has 3 N–H and O–H groups in total. The third-order valence-corrected chi connectivity index (χ3v) is 9.53. The van der Waals surface area contributed by atoms with Gasteiger partial charge in [-0.05, 0) is 57.8 Å². The molecule has 0 heterocycles. The largest absolute Gasteiger partial charge is 0.472 e. The second-order valence-electron chi connectivity index (χ2n) is 13.7. The van der Waals surface area contributed by atoms with Gasteiger partial charge in [0, 0.05) is 12.8 Å². The number of esters is 2. The summed E-state index contributed by atoms with van der Waals surface area (Å²) >= 11 is 0. The summed E-state index contributed by atoms with van der Waals surface area (Å²) < 4.78 is 32.6. The molecule has 300 valence electrons. The number of carbonyl (C=O) groups excluding carboxylic acids is 2. The Morgan fingerprint density at radius 1 is 0.569 bits per heavy atom. The Morgan fingerprint density at radius 2 is 0.980 bits per heavy atom. The number of rotatable bonds is 38. The molecule has 0 amide bonds. The first-order valence-corrected chi connectivity index (χ1v) is 21.8. The number of hydrogen-bond donors (Lipinski definition) is 3. The van der Waals surface area contributed by atoms with Crippen molar-refractivity contribution in [3.8, 4) is 0 Å². The fraction of sp³-hybridized carbons (Fsp3) is 0.850. The molecule has 0 radical (unpaired) electrons. The van der Waals surface area contributed by atoms with E-state index in [1.54, 1.807) is 0 Å². The van der Waals surface area contributed by atoms with Gasteiger partial charge in [0.2, 0.25) is 0 Å². The predicted molar refractivity (Wildman–Crippen MR) is 205 cm³/mol. The summed E-state index contributed by atoms with van der Waals surface area (Å²) in [5.74, 6) is -0.939. The highest BCUT2D eigenvalue weighted by atomic mass is 31.2. The van der Waals surface area contributed by atoms with Crippen LogP contribution in [0.3, 0.4) is 0 Å². The highest BCUT2D eigenvalue weighted by molar-refractivity contribution is 7.47. The van der Waals surface area contributed by atoms with Crippen molar-refractivity contribution in [2.75, 3.05) is 26.4 Å². The van der Waals surface area contributed by atoms with Gasteiger partial charge < -0.3 is 24.6 Å². The maximum Gasteiger partial charge on any atom is 0.472 e. The lowest BCUT2D eigenvalue weighted by molar-refractivity contribution is -0.161. The quantitative estimate of drug-likeness (QED) is 0.0241. The van der Waals surface area contributed by atoms with Gasteiger partial charge in [-0.2, -0.15) is 0 Å². The van der Waals surface area contributed by atoms with Gasteiger partial charge in [0.1, 0.15) is 12.7 Å². The molecule has 0 saturated carbocycles. The van der Waals surface area contributed by atoms with Gasteiger partial charge in [-0.25, -0.2) is 4.57 Å². The van der Waals surface area contributed by atoms with E-state index < -0.39 is 51.8 Å². The lowest BCUT2D eigenvalue weighted by atomic mass is 10.1. The average Bonchev–Trinajstić information content (AvgIpc) is 3.12. The molecule has 3 atom stereocenters. The van der Waals surface area contributed by atoms with Crippen molar-refractivity contribution in [3.63, 3.8) is 0 Å². The molecule has 0 aromatic carbocycles. The molecule has 0 aliphatic rings. The normalized spacial score (nSPS) is 14.2. The van der Waals surface area contributed by atoms with Crippen LogP contribution in [0.2, 0.25) is 0 Å². The van der Waals surface area contributed by atoms with E-state index in [9.17, 15) is 24.2 Å². The standard InChI is InChI=1S/C40H75O10P/c1-3-5-7-9-11-13-15-16-17-18-19-20-22-24-26-28-30-32-40(44)50-38(36-49-51(45,46)48-34-37(42)33-41)35-47-39(43)31-29-27-25-23-21-14-12-10-8-6-4-2/h10,12,16-17,37-38,41-42H,3-9,11,13-15,18-36H2,1-2H3,(H,45,46)/b12-10-,17-16-/t37-,38+/m0/s1. The SMILES string of the molecule is CCCC/C=C\CCCCCCCC(=O)OC[C@H](COP(=O)(O)OC[C@@H](O)CO)OC(=O)CCCCCCCCC/C=C\CCCCCCCC. The molecule has 0 rings (SSSR count). The van der Waals surface area contributed by atoms with Crippen molar-refractivity contribution < 1.29 is 47.8 Å². The summed E-state index contributed by atoms with van der Waals surface area (Å²) in [5.41, 5.74) is 0. The molecule has 0 aliphatic heterocycles. The molecular formula is C40H75O10P. The van der Waals surface area contributed by atoms with Gasteiger partial charge >= 0.3 is 19.8 Å². The maximum absolute atomic E-state index is 12.6. The Labute approximate surface area is 310 Å². The topological polar surface area (TPSA) is 149 Å². The van der Waals surface area contributed by atoms with E-state index in [2.05, 4.69) is 42.7 Å². The van der Waals surface area contributed by atoms with E-state index in [4.69, 9.17) is 19.1 Å². The van der Waals surface area contributed by atoms with Gasteiger partial charge in [-0.15, -0.1) is 0 Å². The minimum atomic E-state index is -4.61. The van der Waals surface area contributed by atoms with Crippen LogP contribution in [0.5, 0.6) is 0 Å². The minimum absolute atomic E-state index is 0.179. The smallest absolute Gasteiger partial charge is 0.462 e. The van der Waals surface area contributed by atoms with Crippen molar-refractivity contribution >= 4 is 19.8 Å². The number of unbranched alkanes of at least 4 members (excludes halogenated alkanes) is 20. The highest BCUT2D eigenvalue weighted by Crippen LogP contribution is 2.43. The number of phosphoric ester groups is 1. The number of ether oxygens (including phenoxy) is 2. The molecule has 51 heavy (non-hydrogen) atoms. The molecule has 0 aromatic heterocycles. The van der Waals surface area contributed by atoms with Crippen LogP contribution in [-0.2, 0) is 32.7 Å². The van der Waals surface area contributed by atoms with Crippen LogP contribution in [0.4, 0.5) is 0 Å². The van der Waals surface area contributed by atoms with Crippen LogP contribution in [0, 0.1) is 0 Å². The van der Waals surface area contributed by atoms with E-state index >= 15 is 0 Å². The van der Waals surface area contributed by atoms with E-state index in [0.717, 1.165) is 64.2 Å². The molecule has 0 aliphatic carbocycles. The third-order valence-electron chi connectivity index (χ3n) is 8.58. The van der Waals surface area contributed by atoms with Gasteiger partial charge in [0.05, 0.1) is 19.8 Å². The molecule has 0 fully saturated rings. The zero-order valence-electron chi connectivity index (χ0n) is 32.3. The van der Waals surface area contributed by atoms with Crippen LogP contribution < -0.4 is 0 Å². The predicted octanol–water partition coefficient (Wildman–Crippen LogP) is 10.2. The molecule has 0 aromatic rings. The summed E-state index contributed by atoms with van der Waals surface area (Å²) in [6.45, 7) is 2.32. The second-order valence-corrected chi connectivity index (χ2v) is 15.1. The van der Waals surface area contributed by atoms with Crippen LogP contribution >= 0.6 is 7.82 Å². The van der Waals surface area contributed by atoms with Gasteiger partial charge in [-0.1, -0.05) is 134 Å². The van der Waals surface area contributed by atoms with Gasteiger partial charge in [0.15, 0.2) is 6.10 Å². The molecule has 11 heteroatoms. The molecule has 0 bridgehead atoms. The van der Waals surface area contributed by atoms with Crippen molar-refractivity contribution in [1.82, 2.24) is 0 Å². The Balaban J connectivity index is 4.32. The fourth-order valence-electron chi connectivity index (χ4n) is 5.38. The second kappa shape index (κ2) is 36.8. The van der Waals surface area contributed by atoms with Crippen molar-refractivity contribution in [1.29, 1.82) is 0 Å². The highest BCUT2D eigenvalue weighted by Gasteiger charge is 2.27. The molecule has 0 spiro atoms.